The zero-order chi connectivity index (χ0) is 20.7. The van der Waals surface area contributed by atoms with Crippen LogP contribution in [0.3, 0.4) is 0 Å². The van der Waals surface area contributed by atoms with Gasteiger partial charge in [-0.25, -0.2) is 8.42 Å². The third-order valence-corrected chi connectivity index (χ3v) is 6.82. The maximum atomic E-state index is 12.6. The van der Waals surface area contributed by atoms with Crippen molar-refractivity contribution in [1.82, 2.24) is 9.21 Å². The van der Waals surface area contributed by atoms with Gasteiger partial charge in [0.05, 0.1) is 12.4 Å². The van der Waals surface area contributed by atoms with Crippen LogP contribution in [0.25, 0.3) is 0 Å². The zero-order valence-electron chi connectivity index (χ0n) is 16.8. The Morgan fingerprint density at radius 2 is 1.72 bits per heavy atom. The maximum Gasteiger partial charge on any atom is 0.222 e. The number of hydrogen-bond acceptors (Lipinski definition) is 4. The van der Waals surface area contributed by atoms with Crippen LogP contribution in [0, 0.1) is 6.92 Å². The summed E-state index contributed by atoms with van der Waals surface area (Å²) in [6, 6.07) is 17.0. The van der Waals surface area contributed by atoms with E-state index in [9.17, 15) is 13.2 Å². The molecule has 0 N–H and O–H groups in total. The molecule has 0 radical (unpaired) electrons. The predicted molar refractivity (Wildman–Crippen MR) is 113 cm³/mol. The summed E-state index contributed by atoms with van der Waals surface area (Å²) in [6.07, 6.45) is 1.04. The van der Waals surface area contributed by atoms with Crippen molar-refractivity contribution in [2.75, 3.05) is 32.8 Å². The van der Waals surface area contributed by atoms with Gasteiger partial charge in [0.2, 0.25) is 15.9 Å². The van der Waals surface area contributed by atoms with Gasteiger partial charge >= 0.3 is 0 Å². The third-order valence-electron chi connectivity index (χ3n) is 4.97. The van der Waals surface area contributed by atoms with Gasteiger partial charge in [0, 0.05) is 32.6 Å². The summed E-state index contributed by atoms with van der Waals surface area (Å²) < 4.78 is 32.4. The minimum Gasteiger partial charge on any atom is -0.494 e. The second-order valence-corrected chi connectivity index (χ2v) is 9.26. The minimum atomic E-state index is -3.37. The van der Waals surface area contributed by atoms with Crippen molar-refractivity contribution in [3.05, 3.63) is 65.7 Å². The summed E-state index contributed by atoms with van der Waals surface area (Å²) in [7, 11) is -3.37. The summed E-state index contributed by atoms with van der Waals surface area (Å²) in [5, 5.41) is 0. The van der Waals surface area contributed by atoms with E-state index < -0.39 is 10.0 Å². The largest absolute Gasteiger partial charge is 0.494 e. The smallest absolute Gasteiger partial charge is 0.222 e. The second-order valence-electron chi connectivity index (χ2n) is 7.29. The number of aryl methyl sites for hydroxylation is 1. The van der Waals surface area contributed by atoms with Crippen LogP contribution in [0.4, 0.5) is 0 Å². The highest BCUT2D eigenvalue weighted by Crippen LogP contribution is 2.15. The van der Waals surface area contributed by atoms with E-state index in [1.54, 1.807) is 4.90 Å². The molecule has 2 aromatic rings. The van der Waals surface area contributed by atoms with Gasteiger partial charge in [-0.3, -0.25) is 4.79 Å². The van der Waals surface area contributed by atoms with Crippen molar-refractivity contribution in [2.24, 2.45) is 0 Å². The summed E-state index contributed by atoms with van der Waals surface area (Å²) >= 11 is 0. The molecule has 0 spiro atoms. The molecule has 0 bridgehead atoms. The van der Waals surface area contributed by atoms with Crippen molar-refractivity contribution in [1.29, 1.82) is 0 Å². The van der Waals surface area contributed by atoms with Crippen LogP contribution >= 0.6 is 0 Å². The van der Waals surface area contributed by atoms with Crippen LogP contribution in [0.2, 0.25) is 0 Å². The molecule has 1 saturated heterocycles. The molecule has 0 unspecified atom stereocenters. The van der Waals surface area contributed by atoms with Crippen LogP contribution in [0.15, 0.2) is 54.6 Å². The molecule has 1 fully saturated rings. The molecular weight excluding hydrogens is 388 g/mol. The number of rotatable bonds is 8. The molecule has 156 valence electrons. The molecule has 1 aliphatic rings. The summed E-state index contributed by atoms with van der Waals surface area (Å²) in [4.78, 5) is 14.2. The second kappa shape index (κ2) is 9.89. The lowest BCUT2D eigenvalue weighted by Crippen LogP contribution is -2.50. The van der Waals surface area contributed by atoms with Crippen molar-refractivity contribution in [3.63, 3.8) is 0 Å². The monoisotopic (exact) mass is 416 g/mol. The number of carbonyl (C=O) groups excluding carboxylic acids is 1. The molecule has 2 aromatic carbocycles. The molecule has 1 heterocycles. The Labute approximate surface area is 173 Å². The van der Waals surface area contributed by atoms with Crippen LogP contribution in [0.5, 0.6) is 5.75 Å². The predicted octanol–water partition coefficient (Wildman–Crippen LogP) is 2.83. The minimum absolute atomic E-state index is 0.00190. The lowest BCUT2D eigenvalue weighted by atomic mass is 10.2. The molecule has 0 aromatic heterocycles. The molecule has 29 heavy (non-hydrogen) atoms. The Balaban J connectivity index is 1.40. The molecule has 0 saturated carbocycles. The first kappa shape index (κ1) is 21.3. The number of amides is 1. The highest BCUT2D eigenvalue weighted by Gasteiger charge is 2.28. The standard InChI is InChI=1S/C22H28N2O4S/c1-19-7-5-10-21(17-19)28-16-6-11-22(25)23-12-14-24(15-13-23)29(26,27)18-20-8-3-2-4-9-20/h2-5,7-10,17H,6,11-16,18H2,1H3. The number of ether oxygens (including phenoxy) is 1. The van der Waals surface area contributed by atoms with Crippen LogP contribution in [-0.2, 0) is 20.6 Å². The van der Waals surface area contributed by atoms with Gasteiger partial charge < -0.3 is 9.64 Å². The van der Waals surface area contributed by atoms with Gasteiger partial charge in [-0.05, 0) is 36.6 Å². The lowest BCUT2D eigenvalue weighted by molar-refractivity contribution is -0.132. The van der Waals surface area contributed by atoms with Gasteiger partial charge in [-0.1, -0.05) is 42.5 Å². The molecule has 0 atom stereocenters. The summed E-state index contributed by atoms with van der Waals surface area (Å²) in [5.41, 5.74) is 1.92. The first-order valence-corrected chi connectivity index (χ1v) is 11.5. The van der Waals surface area contributed by atoms with Crippen molar-refractivity contribution >= 4 is 15.9 Å². The van der Waals surface area contributed by atoms with Gasteiger partial charge in [-0.2, -0.15) is 4.31 Å². The quantitative estimate of drug-likeness (QED) is 0.621. The number of hydrogen-bond donors (Lipinski definition) is 0. The first-order chi connectivity index (χ1) is 13.9. The Hall–Kier alpha value is -2.38. The number of benzene rings is 2. The molecule has 1 aliphatic heterocycles. The van der Waals surface area contributed by atoms with Crippen LogP contribution in [-0.4, -0.2) is 56.3 Å². The Bertz CT molecular complexity index is 907. The number of nitrogens with zero attached hydrogens (tertiary/aromatic N) is 2. The van der Waals surface area contributed by atoms with E-state index in [2.05, 4.69) is 0 Å². The highest BCUT2D eigenvalue weighted by atomic mass is 32.2. The Morgan fingerprint density at radius 1 is 1.00 bits per heavy atom. The lowest BCUT2D eigenvalue weighted by Gasteiger charge is -2.34. The molecule has 7 heteroatoms. The number of sulfonamides is 1. The molecular formula is C22H28N2O4S. The summed E-state index contributed by atoms with van der Waals surface area (Å²) in [6.45, 7) is 4.06. The molecule has 3 rings (SSSR count). The van der Waals surface area contributed by atoms with Gasteiger partial charge in [0.15, 0.2) is 0 Å². The van der Waals surface area contributed by atoms with Crippen LogP contribution in [0.1, 0.15) is 24.0 Å². The molecule has 0 aliphatic carbocycles. The Kier molecular flexibility index (Phi) is 7.28. The maximum absolute atomic E-state index is 12.6. The number of piperazine rings is 1. The van der Waals surface area contributed by atoms with Gasteiger partial charge in [-0.15, -0.1) is 0 Å². The fraction of sp³-hybridized carbons (Fsp3) is 0.409. The average Bonchev–Trinajstić information content (AvgIpc) is 2.72. The van der Waals surface area contributed by atoms with E-state index >= 15 is 0 Å². The Morgan fingerprint density at radius 3 is 2.41 bits per heavy atom. The van der Waals surface area contributed by atoms with Crippen molar-refractivity contribution in [3.8, 4) is 5.75 Å². The average molecular weight is 417 g/mol. The SMILES string of the molecule is Cc1cccc(OCCCC(=O)N2CCN(S(=O)(=O)Cc3ccccc3)CC2)c1. The van der Waals surface area contributed by atoms with Gasteiger partial charge in [0.1, 0.15) is 5.75 Å². The van der Waals surface area contributed by atoms with E-state index in [0.717, 1.165) is 16.9 Å². The van der Waals surface area contributed by atoms with Crippen molar-refractivity contribution in [2.45, 2.75) is 25.5 Å². The fourth-order valence-corrected chi connectivity index (χ4v) is 4.88. The number of carbonyl (C=O) groups is 1. The van der Waals surface area contributed by atoms with E-state index in [-0.39, 0.29) is 11.7 Å². The highest BCUT2D eigenvalue weighted by molar-refractivity contribution is 7.88. The van der Waals surface area contributed by atoms with Crippen LogP contribution < -0.4 is 4.74 Å². The van der Waals surface area contributed by atoms with Gasteiger partial charge in [0.25, 0.3) is 0 Å². The van der Waals surface area contributed by atoms with E-state index in [1.807, 2.05) is 61.5 Å². The van der Waals surface area contributed by atoms with Crippen molar-refractivity contribution < 1.29 is 17.9 Å². The first-order valence-electron chi connectivity index (χ1n) is 9.93. The zero-order valence-corrected chi connectivity index (χ0v) is 17.6. The summed E-state index contributed by atoms with van der Waals surface area (Å²) in [5.74, 6) is 0.866. The normalized spacial score (nSPS) is 15.3. The van der Waals surface area contributed by atoms with E-state index in [4.69, 9.17) is 4.74 Å². The topological polar surface area (TPSA) is 66.9 Å². The molecule has 6 nitrogen and oxygen atoms in total. The third kappa shape index (κ3) is 6.30. The van der Waals surface area contributed by atoms with E-state index in [1.165, 1.54) is 4.31 Å². The fourth-order valence-electron chi connectivity index (χ4n) is 3.37. The molecule has 1 amide bonds. The van der Waals surface area contributed by atoms with E-state index in [0.29, 0.717) is 45.6 Å².